The van der Waals surface area contributed by atoms with Crippen molar-refractivity contribution in [3.63, 3.8) is 0 Å². The maximum Gasteiger partial charge on any atom is 0.419 e. The smallest absolute Gasteiger partial charge is 0.393 e. The van der Waals surface area contributed by atoms with Gasteiger partial charge in [-0.15, -0.1) is 0 Å². The van der Waals surface area contributed by atoms with Crippen LogP contribution in [0.1, 0.15) is 31.7 Å². The van der Waals surface area contributed by atoms with Gasteiger partial charge in [0.1, 0.15) is 11.0 Å². The molecule has 0 spiro atoms. The maximum atomic E-state index is 12.4. The fourth-order valence-electron chi connectivity index (χ4n) is 1.59. The Morgan fingerprint density at radius 3 is 2.58 bits per heavy atom. The van der Waals surface area contributed by atoms with Crippen molar-refractivity contribution >= 4 is 17.4 Å². The first kappa shape index (κ1) is 16.0. The second-order valence-corrected chi connectivity index (χ2v) is 4.55. The number of halogens is 4. The fraction of sp³-hybridized carbons (Fsp3) is 0.583. The number of nitrogens with zero attached hydrogens (tertiary/aromatic N) is 1. The van der Waals surface area contributed by atoms with Crippen molar-refractivity contribution in [3.05, 3.63) is 22.8 Å². The zero-order chi connectivity index (χ0) is 14.5. The van der Waals surface area contributed by atoms with E-state index in [1.54, 1.807) is 0 Å². The SMILES string of the molecule is CCCC(O)CCNc1ccc(C(F)(F)F)c(Cl)n1. The lowest BCUT2D eigenvalue weighted by Crippen LogP contribution is -2.14. The first-order valence-corrected chi connectivity index (χ1v) is 6.38. The standard InChI is InChI=1S/C12H16ClF3N2O/c1-2-3-8(19)6-7-17-10-5-4-9(11(13)18-10)12(14,15)16/h4-5,8,19H,2-3,6-7H2,1H3,(H,17,18). The summed E-state index contributed by atoms with van der Waals surface area (Å²) < 4.78 is 37.3. The van der Waals surface area contributed by atoms with Gasteiger partial charge in [0.15, 0.2) is 0 Å². The van der Waals surface area contributed by atoms with E-state index in [4.69, 9.17) is 11.6 Å². The molecule has 0 fully saturated rings. The van der Waals surface area contributed by atoms with Crippen LogP contribution < -0.4 is 5.32 Å². The second-order valence-electron chi connectivity index (χ2n) is 4.19. The fourth-order valence-corrected chi connectivity index (χ4v) is 1.85. The van der Waals surface area contributed by atoms with Gasteiger partial charge >= 0.3 is 6.18 Å². The van der Waals surface area contributed by atoms with Crippen molar-refractivity contribution < 1.29 is 18.3 Å². The Kier molecular flexibility index (Phi) is 5.87. The Labute approximate surface area is 114 Å². The van der Waals surface area contributed by atoms with Gasteiger partial charge in [0, 0.05) is 6.54 Å². The molecule has 0 aliphatic rings. The van der Waals surface area contributed by atoms with Gasteiger partial charge in [-0.1, -0.05) is 24.9 Å². The minimum Gasteiger partial charge on any atom is -0.393 e. The maximum absolute atomic E-state index is 12.4. The third-order valence-electron chi connectivity index (χ3n) is 2.56. The number of rotatable bonds is 6. The highest BCUT2D eigenvalue weighted by molar-refractivity contribution is 6.30. The van der Waals surface area contributed by atoms with Crippen LogP contribution in [-0.4, -0.2) is 22.7 Å². The Hall–Kier alpha value is -1.01. The number of nitrogens with one attached hydrogen (secondary N) is 1. The van der Waals surface area contributed by atoms with Gasteiger partial charge in [-0.2, -0.15) is 13.2 Å². The summed E-state index contributed by atoms with van der Waals surface area (Å²) in [5.74, 6) is 0.265. The molecule has 0 saturated carbocycles. The van der Waals surface area contributed by atoms with Crippen molar-refractivity contribution in [2.75, 3.05) is 11.9 Å². The molecule has 1 heterocycles. The number of aliphatic hydroxyl groups excluding tert-OH is 1. The van der Waals surface area contributed by atoms with Gasteiger partial charge in [0.25, 0.3) is 0 Å². The van der Waals surface area contributed by atoms with Crippen molar-refractivity contribution in [2.24, 2.45) is 0 Å². The summed E-state index contributed by atoms with van der Waals surface area (Å²) >= 11 is 5.48. The Balaban J connectivity index is 2.55. The largest absolute Gasteiger partial charge is 0.419 e. The molecule has 1 aromatic rings. The Morgan fingerprint density at radius 1 is 1.37 bits per heavy atom. The first-order chi connectivity index (χ1) is 8.84. The minimum atomic E-state index is -4.50. The summed E-state index contributed by atoms with van der Waals surface area (Å²) in [6.07, 6.45) is -2.83. The molecule has 0 saturated heterocycles. The summed E-state index contributed by atoms with van der Waals surface area (Å²) in [6, 6.07) is 2.11. The summed E-state index contributed by atoms with van der Waals surface area (Å²) in [4.78, 5) is 3.64. The van der Waals surface area contributed by atoms with Crippen LogP contribution in [0.25, 0.3) is 0 Å². The number of alkyl halides is 3. The third kappa shape index (κ3) is 5.24. The number of anilines is 1. The molecule has 0 amide bonds. The van der Waals surface area contributed by atoms with E-state index < -0.39 is 23.0 Å². The van der Waals surface area contributed by atoms with Crippen LogP contribution in [0.4, 0.5) is 19.0 Å². The Morgan fingerprint density at radius 2 is 2.05 bits per heavy atom. The number of aliphatic hydroxyl groups is 1. The van der Waals surface area contributed by atoms with E-state index in [-0.39, 0.29) is 5.82 Å². The van der Waals surface area contributed by atoms with E-state index in [2.05, 4.69) is 10.3 Å². The number of aromatic nitrogens is 1. The molecule has 1 aromatic heterocycles. The minimum absolute atomic E-state index is 0.265. The van der Waals surface area contributed by atoms with Crippen LogP contribution in [0.15, 0.2) is 12.1 Å². The molecule has 3 nitrogen and oxygen atoms in total. The van der Waals surface area contributed by atoms with E-state index >= 15 is 0 Å². The third-order valence-corrected chi connectivity index (χ3v) is 2.85. The second kappa shape index (κ2) is 6.96. The van der Waals surface area contributed by atoms with Crippen molar-refractivity contribution in [3.8, 4) is 0 Å². The highest BCUT2D eigenvalue weighted by Gasteiger charge is 2.33. The summed E-state index contributed by atoms with van der Waals surface area (Å²) in [7, 11) is 0. The molecule has 1 unspecified atom stereocenters. The van der Waals surface area contributed by atoms with Crippen molar-refractivity contribution in [1.29, 1.82) is 0 Å². The molecule has 0 aliphatic heterocycles. The van der Waals surface area contributed by atoms with Crippen molar-refractivity contribution in [1.82, 2.24) is 4.98 Å². The van der Waals surface area contributed by atoms with Crippen LogP contribution >= 0.6 is 11.6 Å². The molecule has 108 valence electrons. The lowest BCUT2D eigenvalue weighted by molar-refractivity contribution is -0.137. The van der Waals surface area contributed by atoms with Gasteiger partial charge in [0.2, 0.25) is 0 Å². The molecule has 0 aliphatic carbocycles. The quantitative estimate of drug-likeness (QED) is 0.787. The lowest BCUT2D eigenvalue weighted by atomic mass is 10.1. The van der Waals surface area contributed by atoms with Crippen molar-refractivity contribution in [2.45, 2.75) is 38.5 Å². The average molecular weight is 297 g/mol. The molecule has 0 radical (unpaired) electrons. The lowest BCUT2D eigenvalue weighted by Gasteiger charge is -2.12. The van der Waals surface area contributed by atoms with E-state index in [1.165, 1.54) is 6.07 Å². The number of hydrogen-bond acceptors (Lipinski definition) is 3. The molecule has 19 heavy (non-hydrogen) atoms. The summed E-state index contributed by atoms with van der Waals surface area (Å²) in [6.45, 7) is 2.39. The predicted octanol–water partition coefficient (Wildman–Crippen LogP) is 3.72. The van der Waals surface area contributed by atoms with E-state index in [0.29, 0.717) is 19.4 Å². The molecule has 1 rings (SSSR count). The molecule has 7 heteroatoms. The highest BCUT2D eigenvalue weighted by atomic mass is 35.5. The van der Waals surface area contributed by atoms with E-state index in [1.807, 2.05) is 6.92 Å². The van der Waals surface area contributed by atoms with Gasteiger partial charge in [0.05, 0.1) is 11.7 Å². The first-order valence-electron chi connectivity index (χ1n) is 6.00. The predicted molar refractivity (Wildman–Crippen MR) is 68.3 cm³/mol. The van der Waals surface area contributed by atoms with Crippen LogP contribution in [-0.2, 0) is 6.18 Å². The normalized spacial score (nSPS) is 13.4. The topological polar surface area (TPSA) is 45.1 Å². The van der Waals surface area contributed by atoms with Crippen LogP contribution in [0.5, 0.6) is 0 Å². The monoisotopic (exact) mass is 296 g/mol. The molecule has 0 aromatic carbocycles. The Bertz CT molecular complexity index is 412. The van der Waals surface area contributed by atoms with Crippen LogP contribution in [0.3, 0.4) is 0 Å². The van der Waals surface area contributed by atoms with Crippen LogP contribution in [0.2, 0.25) is 5.15 Å². The zero-order valence-corrected chi connectivity index (χ0v) is 11.2. The molecular formula is C12H16ClF3N2O. The summed E-state index contributed by atoms with van der Waals surface area (Å²) in [5.41, 5.74) is -0.953. The molecule has 2 N–H and O–H groups in total. The number of hydrogen-bond donors (Lipinski definition) is 2. The van der Waals surface area contributed by atoms with E-state index in [0.717, 1.165) is 12.5 Å². The van der Waals surface area contributed by atoms with Crippen LogP contribution in [0, 0.1) is 0 Å². The zero-order valence-electron chi connectivity index (χ0n) is 10.5. The summed E-state index contributed by atoms with van der Waals surface area (Å²) in [5, 5.41) is 11.8. The molecule has 0 bridgehead atoms. The van der Waals surface area contributed by atoms with Gasteiger partial charge in [-0.05, 0) is 25.0 Å². The number of pyridine rings is 1. The molecular weight excluding hydrogens is 281 g/mol. The molecule has 1 atom stereocenters. The van der Waals surface area contributed by atoms with Gasteiger partial charge in [-0.25, -0.2) is 4.98 Å². The van der Waals surface area contributed by atoms with Gasteiger partial charge in [-0.3, -0.25) is 0 Å². The highest BCUT2D eigenvalue weighted by Crippen LogP contribution is 2.34. The van der Waals surface area contributed by atoms with Gasteiger partial charge < -0.3 is 10.4 Å². The van der Waals surface area contributed by atoms with E-state index in [9.17, 15) is 18.3 Å². The average Bonchev–Trinajstić information content (AvgIpc) is 2.27.